The van der Waals surface area contributed by atoms with E-state index in [0.717, 1.165) is 37.7 Å². The Morgan fingerprint density at radius 3 is 2.77 bits per heavy atom. The van der Waals surface area contributed by atoms with Crippen LogP contribution < -0.4 is 10.6 Å². The molecule has 1 unspecified atom stereocenters. The highest BCUT2D eigenvalue weighted by atomic mass is 19.4. The van der Waals surface area contributed by atoms with Crippen molar-refractivity contribution in [1.29, 1.82) is 0 Å². The van der Waals surface area contributed by atoms with E-state index in [-0.39, 0.29) is 11.1 Å². The smallest absolute Gasteiger partial charge is 0.383 e. The third-order valence-corrected chi connectivity index (χ3v) is 3.66. The lowest BCUT2D eigenvalue weighted by atomic mass is 9.98. The Bertz CT molecular complexity index is 511. The number of rotatable bonds is 5. The lowest BCUT2D eigenvalue weighted by molar-refractivity contribution is -0.141. The number of carbonyl (C=O) groups excluding carboxylic acids is 1. The number of aromatic nitrogens is 1. The number of alkyl halides is 3. The summed E-state index contributed by atoms with van der Waals surface area (Å²) >= 11 is 0. The number of hydrogen-bond donors (Lipinski definition) is 2. The molecule has 1 amide bonds. The van der Waals surface area contributed by atoms with Gasteiger partial charge in [-0.3, -0.25) is 9.78 Å². The number of amides is 1. The summed E-state index contributed by atoms with van der Waals surface area (Å²) in [6, 6.07) is 1.92. The van der Waals surface area contributed by atoms with Gasteiger partial charge in [-0.15, -0.1) is 0 Å². The molecule has 5 nitrogen and oxygen atoms in total. The number of pyridine rings is 1. The molecule has 2 rings (SSSR count). The summed E-state index contributed by atoms with van der Waals surface area (Å²) in [5, 5.41) is 6.02. The topological polar surface area (TPSA) is 63.2 Å². The minimum absolute atomic E-state index is 0.0959. The van der Waals surface area contributed by atoms with Gasteiger partial charge in [0.25, 0.3) is 5.91 Å². The third kappa shape index (κ3) is 3.95. The zero-order chi connectivity index (χ0) is 16.2. The molecule has 1 atom stereocenters. The van der Waals surface area contributed by atoms with Crippen molar-refractivity contribution in [3.63, 3.8) is 0 Å². The second-order valence-electron chi connectivity index (χ2n) is 5.36. The monoisotopic (exact) mass is 317 g/mol. The number of halogens is 3. The molecule has 122 valence electrons. The summed E-state index contributed by atoms with van der Waals surface area (Å²) in [6.45, 7) is 1.65. The van der Waals surface area contributed by atoms with E-state index in [2.05, 4.69) is 15.6 Å². The summed E-state index contributed by atoms with van der Waals surface area (Å²) in [6.07, 6.45) is -1.72. The zero-order valence-electron chi connectivity index (χ0n) is 12.2. The predicted molar refractivity (Wildman–Crippen MR) is 73.4 cm³/mol. The highest BCUT2D eigenvalue weighted by molar-refractivity contribution is 5.93. The molecule has 1 aliphatic rings. The maximum absolute atomic E-state index is 12.4. The van der Waals surface area contributed by atoms with Crippen LogP contribution in [0.15, 0.2) is 18.3 Å². The first-order chi connectivity index (χ1) is 10.4. The van der Waals surface area contributed by atoms with Crippen molar-refractivity contribution < 1.29 is 22.7 Å². The first-order valence-corrected chi connectivity index (χ1v) is 6.92. The fourth-order valence-electron chi connectivity index (χ4n) is 2.52. The first kappa shape index (κ1) is 16.7. The molecule has 0 radical (unpaired) electrons. The van der Waals surface area contributed by atoms with Crippen molar-refractivity contribution in [3.05, 3.63) is 29.6 Å². The predicted octanol–water partition coefficient (Wildman–Crippen LogP) is 1.60. The Hall–Kier alpha value is -1.67. The van der Waals surface area contributed by atoms with Crippen LogP contribution in [0.5, 0.6) is 0 Å². The average Bonchev–Trinajstić information content (AvgIpc) is 2.93. The van der Waals surface area contributed by atoms with Crippen LogP contribution in [0.1, 0.15) is 28.9 Å². The van der Waals surface area contributed by atoms with Gasteiger partial charge in [-0.05, 0) is 31.5 Å². The van der Waals surface area contributed by atoms with E-state index in [1.807, 2.05) is 0 Å². The minimum Gasteiger partial charge on any atom is -0.383 e. The van der Waals surface area contributed by atoms with Gasteiger partial charge >= 0.3 is 6.18 Å². The van der Waals surface area contributed by atoms with Crippen LogP contribution in [0.25, 0.3) is 0 Å². The molecule has 0 aromatic carbocycles. The second kappa shape index (κ2) is 6.62. The highest BCUT2D eigenvalue weighted by Gasteiger charge is 2.34. The summed E-state index contributed by atoms with van der Waals surface area (Å²) in [4.78, 5) is 15.3. The van der Waals surface area contributed by atoms with E-state index in [0.29, 0.717) is 13.2 Å². The highest BCUT2D eigenvalue weighted by Crippen LogP contribution is 2.27. The molecule has 1 aliphatic heterocycles. The van der Waals surface area contributed by atoms with Crippen molar-refractivity contribution in [3.8, 4) is 0 Å². The first-order valence-electron chi connectivity index (χ1n) is 6.92. The molecule has 0 saturated carbocycles. The molecule has 1 aromatic heterocycles. The van der Waals surface area contributed by atoms with Crippen LogP contribution in [0.2, 0.25) is 0 Å². The summed E-state index contributed by atoms with van der Waals surface area (Å²) in [5.41, 5.74) is -1.24. The molecule has 0 spiro atoms. The summed E-state index contributed by atoms with van der Waals surface area (Å²) < 4.78 is 42.4. The Morgan fingerprint density at radius 1 is 1.50 bits per heavy atom. The maximum Gasteiger partial charge on any atom is 0.433 e. The Labute approximate surface area is 126 Å². The Kier molecular flexibility index (Phi) is 5.02. The van der Waals surface area contributed by atoms with E-state index in [4.69, 9.17) is 4.74 Å². The van der Waals surface area contributed by atoms with Crippen LogP contribution in [0, 0.1) is 0 Å². The lowest BCUT2D eigenvalue weighted by Gasteiger charge is -2.28. The van der Waals surface area contributed by atoms with Gasteiger partial charge < -0.3 is 15.4 Å². The van der Waals surface area contributed by atoms with Gasteiger partial charge in [-0.25, -0.2) is 0 Å². The Balaban J connectivity index is 1.97. The number of hydrogen-bond acceptors (Lipinski definition) is 4. The fourth-order valence-corrected chi connectivity index (χ4v) is 2.52. The third-order valence-electron chi connectivity index (χ3n) is 3.66. The summed E-state index contributed by atoms with van der Waals surface area (Å²) in [5.74, 6) is -0.453. The van der Waals surface area contributed by atoms with Gasteiger partial charge in [-0.1, -0.05) is 0 Å². The molecule has 1 saturated heterocycles. The van der Waals surface area contributed by atoms with Crippen molar-refractivity contribution in [2.75, 3.05) is 26.8 Å². The van der Waals surface area contributed by atoms with E-state index in [1.165, 1.54) is 0 Å². The van der Waals surface area contributed by atoms with Crippen LogP contribution in [0.4, 0.5) is 13.2 Å². The van der Waals surface area contributed by atoms with Gasteiger partial charge in [0, 0.05) is 19.9 Å². The normalized spacial score (nSPS) is 21.8. The van der Waals surface area contributed by atoms with Crippen molar-refractivity contribution in [2.24, 2.45) is 0 Å². The molecular formula is C14H18F3N3O2. The quantitative estimate of drug-likeness (QED) is 0.866. The molecule has 2 N–H and O–H groups in total. The molecule has 0 bridgehead atoms. The largest absolute Gasteiger partial charge is 0.433 e. The minimum atomic E-state index is -4.51. The van der Waals surface area contributed by atoms with E-state index in [1.54, 1.807) is 7.11 Å². The fraction of sp³-hybridized carbons (Fsp3) is 0.571. The van der Waals surface area contributed by atoms with Gasteiger partial charge in [0.05, 0.1) is 17.7 Å². The van der Waals surface area contributed by atoms with Crippen LogP contribution in [0.3, 0.4) is 0 Å². The number of methoxy groups -OCH3 is 1. The lowest BCUT2D eigenvalue weighted by Crippen LogP contribution is -2.53. The second-order valence-corrected chi connectivity index (χ2v) is 5.36. The molecule has 1 aromatic rings. The molecule has 8 heteroatoms. The van der Waals surface area contributed by atoms with E-state index < -0.39 is 17.8 Å². The number of carbonyl (C=O) groups is 1. The summed E-state index contributed by atoms with van der Waals surface area (Å²) in [7, 11) is 1.59. The standard InChI is InChI=1S/C14H18F3N3O2/c1-22-9-13(5-2-6-20-13)8-19-12(21)10-3-4-11(18-7-10)14(15,16)17/h3-4,7,20H,2,5-6,8-9H2,1H3,(H,19,21). The Morgan fingerprint density at radius 2 is 2.27 bits per heavy atom. The van der Waals surface area contributed by atoms with E-state index >= 15 is 0 Å². The van der Waals surface area contributed by atoms with Crippen LogP contribution in [-0.4, -0.2) is 43.2 Å². The van der Waals surface area contributed by atoms with Crippen molar-refractivity contribution in [1.82, 2.24) is 15.6 Å². The van der Waals surface area contributed by atoms with Gasteiger partial charge in [0.15, 0.2) is 0 Å². The molecule has 0 aliphatic carbocycles. The molecule has 2 heterocycles. The van der Waals surface area contributed by atoms with Crippen LogP contribution in [-0.2, 0) is 10.9 Å². The molecule has 22 heavy (non-hydrogen) atoms. The van der Waals surface area contributed by atoms with Gasteiger partial charge in [0.1, 0.15) is 5.69 Å². The van der Waals surface area contributed by atoms with Gasteiger partial charge in [0.2, 0.25) is 0 Å². The zero-order valence-corrected chi connectivity index (χ0v) is 12.2. The number of nitrogens with zero attached hydrogens (tertiary/aromatic N) is 1. The molecular weight excluding hydrogens is 299 g/mol. The van der Waals surface area contributed by atoms with Crippen molar-refractivity contribution in [2.45, 2.75) is 24.6 Å². The maximum atomic E-state index is 12.4. The molecule has 1 fully saturated rings. The van der Waals surface area contributed by atoms with Crippen LogP contribution >= 0.6 is 0 Å². The SMILES string of the molecule is COCC1(CNC(=O)c2ccc(C(F)(F)F)nc2)CCCN1. The number of nitrogens with one attached hydrogen (secondary N) is 2. The average molecular weight is 317 g/mol. The number of ether oxygens (including phenoxy) is 1. The van der Waals surface area contributed by atoms with Crippen molar-refractivity contribution >= 4 is 5.91 Å². The van der Waals surface area contributed by atoms with E-state index in [9.17, 15) is 18.0 Å². The van der Waals surface area contributed by atoms with Gasteiger partial charge in [-0.2, -0.15) is 13.2 Å².